The number of rotatable bonds is 5. The van der Waals surface area contributed by atoms with E-state index >= 15 is 0 Å². The van der Waals surface area contributed by atoms with E-state index in [1.807, 2.05) is 32.9 Å². The monoisotopic (exact) mass is 269 g/mol. The molecule has 3 nitrogen and oxygen atoms in total. The quantitative estimate of drug-likeness (QED) is 0.828. The minimum atomic E-state index is -0.746. The molecule has 1 aromatic carbocycles. The van der Waals surface area contributed by atoms with Crippen LogP contribution in [0.2, 0.25) is 5.02 Å². The van der Waals surface area contributed by atoms with Crippen LogP contribution in [-0.4, -0.2) is 18.1 Å². The molecular weight excluding hydrogens is 250 g/mol. The number of nitrogens with one attached hydrogen (secondary N) is 1. The van der Waals surface area contributed by atoms with E-state index in [0.717, 1.165) is 5.69 Å². The van der Waals surface area contributed by atoms with Crippen molar-refractivity contribution in [3.63, 3.8) is 0 Å². The zero-order chi connectivity index (χ0) is 13.8. The average molecular weight is 270 g/mol. The van der Waals surface area contributed by atoms with E-state index in [0.29, 0.717) is 11.6 Å². The summed E-state index contributed by atoms with van der Waals surface area (Å²) in [6.45, 7) is 8.01. The van der Waals surface area contributed by atoms with Gasteiger partial charge in [0.05, 0.1) is 6.61 Å². The molecule has 0 heterocycles. The first-order chi connectivity index (χ1) is 8.40. The standard InChI is InChI=1S/C14H20ClNO2/c1-5-18-13(17)14(4,10(2)3)16-12-8-6-11(15)7-9-12/h6-10,16H,5H2,1-4H3. The lowest BCUT2D eigenvalue weighted by Gasteiger charge is -2.33. The first-order valence-electron chi connectivity index (χ1n) is 6.11. The zero-order valence-electron chi connectivity index (χ0n) is 11.3. The summed E-state index contributed by atoms with van der Waals surface area (Å²) < 4.78 is 5.14. The van der Waals surface area contributed by atoms with E-state index in [2.05, 4.69) is 5.32 Å². The molecule has 1 atom stereocenters. The third kappa shape index (κ3) is 3.39. The molecule has 1 unspecified atom stereocenters. The summed E-state index contributed by atoms with van der Waals surface area (Å²) in [5.74, 6) is -0.137. The summed E-state index contributed by atoms with van der Waals surface area (Å²) in [7, 11) is 0. The Labute approximate surface area is 113 Å². The van der Waals surface area contributed by atoms with Crippen molar-refractivity contribution in [2.75, 3.05) is 11.9 Å². The van der Waals surface area contributed by atoms with Crippen LogP contribution in [0.3, 0.4) is 0 Å². The molecule has 0 aliphatic heterocycles. The molecule has 0 saturated heterocycles. The van der Waals surface area contributed by atoms with Crippen molar-refractivity contribution < 1.29 is 9.53 Å². The molecule has 0 spiro atoms. The van der Waals surface area contributed by atoms with Crippen molar-refractivity contribution in [2.45, 2.75) is 33.2 Å². The fraction of sp³-hybridized carbons (Fsp3) is 0.500. The van der Waals surface area contributed by atoms with Crippen LogP contribution >= 0.6 is 11.6 Å². The average Bonchev–Trinajstić information content (AvgIpc) is 2.32. The van der Waals surface area contributed by atoms with Crippen molar-refractivity contribution >= 4 is 23.3 Å². The number of ether oxygens (including phenoxy) is 1. The second-order valence-corrected chi connectivity index (χ2v) is 5.15. The van der Waals surface area contributed by atoms with Gasteiger partial charge in [-0.05, 0) is 44.0 Å². The summed E-state index contributed by atoms with van der Waals surface area (Å²) in [6.07, 6.45) is 0. The lowest BCUT2D eigenvalue weighted by molar-refractivity contribution is -0.149. The molecule has 0 aliphatic carbocycles. The highest BCUT2D eigenvalue weighted by Crippen LogP contribution is 2.25. The molecule has 0 fully saturated rings. The Morgan fingerprint density at radius 2 is 1.94 bits per heavy atom. The van der Waals surface area contributed by atoms with Gasteiger partial charge in [0.1, 0.15) is 5.54 Å². The fourth-order valence-electron chi connectivity index (χ4n) is 1.55. The van der Waals surface area contributed by atoms with E-state index in [-0.39, 0.29) is 11.9 Å². The van der Waals surface area contributed by atoms with Crippen LogP contribution in [0, 0.1) is 5.92 Å². The highest BCUT2D eigenvalue weighted by Gasteiger charge is 2.38. The van der Waals surface area contributed by atoms with Gasteiger partial charge < -0.3 is 10.1 Å². The van der Waals surface area contributed by atoms with Crippen molar-refractivity contribution in [2.24, 2.45) is 5.92 Å². The summed E-state index contributed by atoms with van der Waals surface area (Å²) in [5, 5.41) is 3.90. The fourth-order valence-corrected chi connectivity index (χ4v) is 1.67. The molecule has 1 aromatic rings. The first kappa shape index (κ1) is 14.8. The number of carbonyl (C=O) groups excluding carboxylic acids is 1. The predicted molar refractivity (Wildman–Crippen MR) is 75.0 cm³/mol. The number of esters is 1. The smallest absolute Gasteiger partial charge is 0.331 e. The second kappa shape index (κ2) is 6.10. The lowest BCUT2D eigenvalue weighted by Crippen LogP contribution is -2.49. The molecule has 0 aliphatic rings. The second-order valence-electron chi connectivity index (χ2n) is 4.71. The third-order valence-corrected chi connectivity index (χ3v) is 3.35. The molecule has 1 N–H and O–H groups in total. The van der Waals surface area contributed by atoms with Gasteiger partial charge in [-0.3, -0.25) is 0 Å². The molecule has 0 bridgehead atoms. The number of carbonyl (C=O) groups is 1. The van der Waals surface area contributed by atoms with Crippen molar-refractivity contribution in [1.82, 2.24) is 0 Å². The zero-order valence-corrected chi connectivity index (χ0v) is 12.0. The summed E-state index contributed by atoms with van der Waals surface area (Å²) in [6, 6.07) is 7.27. The van der Waals surface area contributed by atoms with Gasteiger partial charge >= 0.3 is 5.97 Å². The molecule has 0 radical (unpaired) electrons. The van der Waals surface area contributed by atoms with Crippen LogP contribution in [0.25, 0.3) is 0 Å². The van der Waals surface area contributed by atoms with E-state index in [1.54, 1.807) is 19.1 Å². The van der Waals surface area contributed by atoms with Gasteiger partial charge in [0.15, 0.2) is 0 Å². The van der Waals surface area contributed by atoms with Crippen molar-refractivity contribution in [3.8, 4) is 0 Å². The normalized spacial score (nSPS) is 14.1. The van der Waals surface area contributed by atoms with E-state index in [9.17, 15) is 4.79 Å². The van der Waals surface area contributed by atoms with E-state index in [1.165, 1.54) is 0 Å². The number of halogens is 1. The molecule has 4 heteroatoms. The SMILES string of the molecule is CCOC(=O)C(C)(Nc1ccc(Cl)cc1)C(C)C. The minimum Gasteiger partial charge on any atom is -0.464 e. The van der Waals surface area contributed by atoms with Crippen LogP contribution in [0.5, 0.6) is 0 Å². The maximum absolute atomic E-state index is 12.1. The van der Waals surface area contributed by atoms with Gasteiger partial charge in [-0.2, -0.15) is 0 Å². The van der Waals surface area contributed by atoms with Crippen LogP contribution in [-0.2, 0) is 9.53 Å². The minimum absolute atomic E-state index is 0.104. The molecule has 18 heavy (non-hydrogen) atoms. The topological polar surface area (TPSA) is 38.3 Å². The Hall–Kier alpha value is -1.22. The van der Waals surface area contributed by atoms with E-state index < -0.39 is 5.54 Å². The summed E-state index contributed by atoms with van der Waals surface area (Å²) in [5.41, 5.74) is 0.104. The first-order valence-corrected chi connectivity index (χ1v) is 6.49. The lowest BCUT2D eigenvalue weighted by atomic mass is 9.88. The molecule has 0 saturated carbocycles. The Bertz CT molecular complexity index is 403. The molecule has 1 rings (SSSR count). The Balaban J connectivity index is 2.92. The Kier molecular flexibility index (Phi) is 5.03. The van der Waals surface area contributed by atoms with Gasteiger partial charge in [0, 0.05) is 10.7 Å². The number of hydrogen-bond acceptors (Lipinski definition) is 3. The third-order valence-electron chi connectivity index (χ3n) is 3.10. The molecular formula is C14H20ClNO2. The van der Waals surface area contributed by atoms with E-state index in [4.69, 9.17) is 16.3 Å². The van der Waals surface area contributed by atoms with Gasteiger partial charge in [-0.1, -0.05) is 25.4 Å². The molecule has 0 amide bonds. The van der Waals surface area contributed by atoms with Gasteiger partial charge in [-0.15, -0.1) is 0 Å². The summed E-state index contributed by atoms with van der Waals surface area (Å²) >= 11 is 5.84. The van der Waals surface area contributed by atoms with Crippen LogP contribution in [0.4, 0.5) is 5.69 Å². The van der Waals surface area contributed by atoms with Crippen molar-refractivity contribution in [1.29, 1.82) is 0 Å². The molecule has 0 aromatic heterocycles. The highest BCUT2D eigenvalue weighted by molar-refractivity contribution is 6.30. The van der Waals surface area contributed by atoms with Gasteiger partial charge in [-0.25, -0.2) is 4.79 Å². The van der Waals surface area contributed by atoms with Gasteiger partial charge in [0.25, 0.3) is 0 Å². The maximum Gasteiger partial charge on any atom is 0.331 e. The van der Waals surface area contributed by atoms with Crippen LogP contribution in [0.15, 0.2) is 24.3 Å². The Morgan fingerprint density at radius 3 is 2.39 bits per heavy atom. The Morgan fingerprint density at radius 1 is 1.39 bits per heavy atom. The van der Waals surface area contributed by atoms with Gasteiger partial charge in [0.2, 0.25) is 0 Å². The summed E-state index contributed by atoms with van der Waals surface area (Å²) in [4.78, 5) is 12.1. The maximum atomic E-state index is 12.1. The number of hydrogen-bond donors (Lipinski definition) is 1. The highest BCUT2D eigenvalue weighted by atomic mass is 35.5. The predicted octanol–water partition coefficient (Wildman–Crippen LogP) is 3.73. The number of anilines is 1. The number of benzene rings is 1. The largest absolute Gasteiger partial charge is 0.464 e. The van der Waals surface area contributed by atoms with Crippen LogP contribution < -0.4 is 5.32 Å². The van der Waals surface area contributed by atoms with Crippen LogP contribution in [0.1, 0.15) is 27.7 Å². The molecule has 100 valence electrons. The van der Waals surface area contributed by atoms with Crippen molar-refractivity contribution in [3.05, 3.63) is 29.3 Å².